The molecule has 2 fully saturated rings. The van der Waals surface area contributed by atoms with Gasteiger partial charge in [0, 0.05) is 12.1 Å². The molecule has 4 heteroatoms. The van der Waals surface area contributed by atoms with Gasteiger partial charge in [0.2, 0.25) is 0 Å². The van der Waals surface area contributed by atoms with Gasteiger partial charge in [-0.1, -0.05) is 0 Å². The maximum absolute atomic E-state index is 10.2. The number of halogens is 1. The average Bonchev–Trinajstić information content (AvgIpc) is 2.79. The van der Waals surface area contributed by atoms with Gasteiger partial charge in [0.05, 0.1) is 6.10 Å². The summed E-state index contributed by atoms with van der Waals surface area (Å²) in [6.45, 7) is 2.42. The first-order valence-corrected chi connectivity index (χ1v) is 6.75. The highest BCUT2D eigenvalue weighted by molar-refractivity contribution is 5.85. The summed E-state index contributed by atoms with van der Waals surface area (Å²) in [4.78, 5) is 4.81. The van der Waals surface area contributed by atoms with Crippen molar-refractivity contribution in [2.24, 2.45) is 0 Å². The summed E-state index contributed by atoms with van der Waals surface area (Å²) in [6.07, 6.45) is 6.99. The molecule has 3 nitrogen and oxygen atoms in total. The second-order valence-electron chi connectivity index (χ2n) is 5.68. The minimum absolute atomic E-state index is 0. The van der Waals surface area contributed by atoms with Gasteiger partial charge in [-0.05, 0) is 65.7 Å². The first kappa shape index (κ1) is 15.2. The Morgan fingerprint density at radius 3 is 1.71 bits per heavy atom. The Balaban J connectivity index is 0.00000144. The van der Waals surface area contributed by atoms with E-state index in [-0.39, 0.29) is 18.5 Å². The van der Waals surface area contributed by atoms with Crippen LogP contribution in [0.3, 0.4) is 0 Å². The van der Waals surface area contributed by atoms with E-state index in [1.54, 1.807) is 0 Å². The first-order valence-electron chi connectivity index (χ1n) is 6.75. The molecule has 0 aromatic rings. The van der Waals surface area contributed by atoms with Crippen molar-refractivity contribution >= 4 is 12.4 Å². The maximum atomic E-state index is 10.2. The lowest BCUT2D eigenvalue weighted by atomic mass is 10.00. The molecule has 0 amide bonds. The van der Waals surface area contributed by atoms with Crippen molar-refractivity contribution in [3.05, 3.63) is 0 Å². The lowest BCUT2D eigenvalue weighted by molar-refractivity contribution is 0.0961. The standard InChI is InChI=1S/C13H26N2O.ClH/c1-14-7-3-5-11(14)9-13(16)10-12-6-4-8-15(12)2;/h11-13,16H,3-10H2,1-2H3;1H. The number of hydrogen-bond donors (Lipinski definition) is 1. The zero-order chi connectivity index (χ0) is 11.5. The Morgan fingerprint density at radius 1 is 1.00 bits per heavy atom. The van der Waals surface area contributed by atoms with Crippen LogP contribution in [0.5, 0.6) is 0 Å². The Labute approximate surface area is 112 Å². The zero-order valence-corrected chi connectivity index (χ0v) is 12.0. The number of rotatable bonds is 4. The van der Waals surface area contributed by atoms with Crippen LogP contribution in [-0.2, 0) is 0 Å². The fraction of sp³-hybridized carbons (Fsp3) is 1.00. The second-order valence-corrected chi connectivity index (χ2v) is 5.68. The smallest absolute Gasteiger partial charge is 0.0570 e. The van der Waals surface area contributed by atoms with Crippen molar-refractivity contribution in [1.29, 1.82) is 0 Å². The van der Waals surface area contributed by atoms with Crippen molar-refractivity contribution in [2.75, 3.05) is 27.2 Å². The van der Waals surface area contributed by atoms with Crippen LogP contribution in [-0.4, -0.2) is 60.3 Å². The van der Waals surface area contributed by atoms with Crippen molar-refractivity contribution in [3.63, 3.8) is 0 Å². The third-order valence-corrected chi connectivity index (χ3v) is 4.43. The first-order chi connectivity index (χ1) is 7.66. The molecule has 2 rings (SSSR count). The highest BCUT2D eigenvalue weighted by Gasteiger charge is 2.27. The second kappa shape index (κ2) is 6.93. The molecule has 2 saturated heterocycles. The van der Waals surface area contributed by atoms with Crippen molar-refractivity contribution in [2.45, 2.75) is 56.7 Å². The average molecular weight is 263 g/mol. The third kappa shape index (κ3) is 4.09. The Bertz CT molecular complexity index is 205. The molecule has 2 aliphatic rings. The molecule has 1 N–H and O–H groups in total. The summed E-state index contributed by atoms with van der Waals surface area (Å²) >= 11 is 0. The molecule has 0 bridgehead atoms. The van der Waals surface area contributed by atoms with E-state index in [4.69, 9.17) is 0 Å². The van der Waals surface area contributed by atoms with Crippen LogP contribution in [0, 0.1) is 0 Å². The van der Waals surface area contributed by atoms with Crippen molar-refractivity contribution in [1.82, 2.24) is 9.80 Å². The Hall–Kier alpha value is 0.170. The molecular weight excluding hydrogens is 236 g/mol. The molecule has 0 aromatic carbocycles. The van der Waals surface area contributed by atoms with Gasteiger partial charge in [-0.15, -0.1) is 12.4 Å². The summed E-state index contributed by atoms with van der Waals surface area (Å²) < 4.78 is 0. The van der Waals surface area contributed by atoms with Gasteiger partial charge in [0.25, 0.3) is 0 Å². The fourth-order valence-electron chi connectivity index (χ4n) is 3.28. The van der Waals surface area contributed by atoms with E-state index in [1.807, 2.05) is 0 Å². The minimum Gasteiger partial charge on any atom is -0.393 e. The molecule has 17 heavy (non-hydrogen) atoms. The molecule has 2 aliphatic heterocycles. The van der Waals surface area contributed by atoms with Gasteiger partial charge in [0.1, 0.15) is 0 Å². The van der Waals surface area contributed by atoms with Gasteiger partial charge in [-0.2, -0.15) is 0 Å². The minimum atomic E-state index is -0.101. The van der Waals surface area contributed by atoms with Crippen LogP contribution < -0.4 is 0 Å². The molecule has 0 aliphatic carbocycles. The topological polar surface area (TPSA) is 26.7 Å². The summed E-state index contributed by atoms with van der Waals surface area (Å²) in [6, 6.07) is 1.25. The predicted octanol–water partition coefficient (Wildman–Crippen LogP) is 1.74. The lowest BCUT2D eigenvalue weighted by Crippen LogP contribution is -2.33. The monoisotopic (exact) mass is 262 g/mol. The number of aliphatic hydroxyl groups is 1. The molecule has 0 spiro atoms. The molecule has 2 atom stereocenters. The largest absolute Gasteiger partial charge is 0.393 e. The van der Waals surface area contributed by atoms with E-state index >= 15 is 0 Å². The molecule has 102 valence electrons. The quantitative estimate of drug-likeness (QED) is 0.836. The molecular formula is C13H27ClN2O. The van der Waals surface area contributed by atoms with E-state index in [9.17, 15) is 5.11 Å². The Kier molecular flexibility index (Phi) is 6.21. The number of hydrogen-bond acceptors (Lipinski definition) is 3. The summed E-state index contributed by atoms with van der Waals surface area (Å²) in [5.41, 5.74) is 0. The highest BCUT2D eigenvalue weighted by Crippen LogP contribution is 2.24. The van der Waals surface area contributed by atoms with Gasteiger partial charge >= 0.3 is 0 Å². The van der Waals surface area contributed by atoms with E-state index < -0.39 is 0 Å². The molecule has 0 saturated carbocycles. The maximum Gasteiger partial charge on any atom is 0.0570 e. The number of nitrogens with zero attached hydrogens (tertiary/aromatic N) is 2. The number of likely N-dealkylation sites (tertiary alicyclic amines) is 2. The summed E-state index contributed by atoms with van der Waals surface area (Å²) in [5.74, 6) is 0. The lowest BCUT2D eigenvalue weighted by Gasteiger charge is -2.26. The molecule has 2 heterocycles. The van der Waals surface area contributed by atoms with Crippen LogP contribution >= 0.6 is 12.4 Å². The van der Waals surface area contributed by atoms with Gasteiger partial charge in [-0.25, -0.2) is 0 Å². The summed E-state index contributed by atoms with van der Waals surface area (Å²) in [7, 11) is 4.37. The Morgan fingerprint density at radius 2 is 1.41 bits per heavy atom. The van der Waals surface area contributed by atoms with Crippen molar-refractivity contribution in [3.8, 4) is 0 Å². The number of aliphatic hydroxyl groups excluding tert-OH is 1. The fourth-order valence-corrected chi connectivity index (χ4v) is 3.28. The molecule has 2 unspecified atom stereocenters. The zero-order valence-electron chi connectivity index (χ0n) is 11.1. The molecule has 0 radical (unpaired) electrons. The van der Waals surface area contributed by atoms with Crippen LogP contribution in [0.2, 0.25) is 0 Å². The normalized spacial score (nSPS) is 32.6. The molecule has 0 aromatic heterocycles. The van der Waals surface area contributed by atoms with Crippen molar-refractivity contribution < 1.29 is 5.11 Å². The van der Waals surface area contributed by atoms with Gasteiger partial charge in [0.15, 0.2) is 0 Å². The third-order valence-electron chi connectivity index (χ3n) is 4.43. The predicted molar refractivity (Wildman–Crippen MR) is 73.8 cm³/mol. The van der Waals surface area contributed by atoms with Crippen LogP contribution in [0.25, 0.3) is 0 Å². The van der Waals surface area contributed by atoms with Crippen LogP contribution in [0.15, 0.2) is 0 Å². The van der Waals surface area contributed by atoms with E-state index in [0.29, 0.717) is 12.1 Å². The van der Waals surface area contributed by atoms with Crippen LogP contribution in [0.1, 0.15) is 38.5 Å². The highest BCUT2D eigenvalue weighted by atomic mass is 35.5. The van der Waals surface area contributed by atoms with E-state index in [2.05, 4.69) is 23.9 Å². The summed E-state index contributed by atoms with van der Waals surface area (Å²) in [5, 5.41) is 10.2. The van der Waals surface area contributed by atoms with Gasteiger partial charge in [-0.3, -0.25) is 0 Å². The SMILES string of the molecule is CN1CCCC1CC(O)CC1CCCN1C.Cl. The van der Waals surface area contributed by atoms with Crippen LogP contribution in [0.4, 0.5) is 0 Å². The van der Waals surface area contributed by atoms with E-state index in [0.717, 1.165) is 12.8 Å². The van der Waals surface area contributed by atoms with Gasteiger partial charge < -0.3 is 14.9 Å². The van der Waals surface area contributed by atoms with E-state index in [1.165, 1.54) is 38.8 Å².